The zero-order valence-corrected chi connectivity index (χ0v) is 10.8. The molecule has 0 aliphatic rings. The average molecular weight is 265 g/mol. The molecule has 0 saturated heterocycles. The van der Waals surface area contributed by atoms with Gasteiger partial charge in [-0.05, 0) is 18.6 Å². The van der Waals surface area contributed by atoms with E-state index in [1.165, 1.54) is 13.4 Å². The third-order valence-corrected chi connectivity index (χ3v) is 2.82. The van der Waals surface area contributed by atoms with Gasteiger partial charge in [0.25, 0.3) is 0 Å². The van der Waals surface area contributed by atoms with Gasteiger partial charge in [0, 0.05) is 0 Å². The monoisotopic (exact) mass is 264 g/mol. The number of methoxy groups -OCH3 is 1. The van der Waals surface area contributed by atoms with Crippen LogP contribution in [0.25, 0.3) is 0 Å². The lowest BCUT2D eigenvalue weighted by Crippen LogP contribution is -2.04. The van der Waals surface area contributed by atoms with E-state index in [4.69, 9.17) is 22.1 Å². The number of hydrogen-bond acceptors (Lipinski definition) is 5. The Hall–Kier alpha value is -2.01. The zero-order valence-electron chi connectivity index (χ0n) is 10.1. The molecule has 2 aromatic rings. The van der Waals surface area contributed by atoms with Crippen molar-refractivity contribution in [2.24, 2.45) is 0 Å². The molecular formula is C12H13ClN4O. The van der Waals surface area contributed by atoms with E-state index >= 15 is 0 Å². The van der Waals surface area contributed by atoms with Gasteiger partial charge < -0.3 is 15.8 Å². The molecule has 1 heterocycles. The van der Waals surface area contributed by atoms with Crippen molar-refractivity contribution in [1.29, 1.82) is 0 Å². The number of nitrogens with one attached hydrogen (secondary N) is 1. The van der Waals surface area contributed by atoms with Gasteiger partial charge in [-0.3, -0.25) is 0 Å². The Morgan fingerprint density at radius 1 is 1.33 bits per heavy atom. The zero-order chi connectivity index (χ0) is 13.1. The number of benzene rings is 1. The highest BCUT2D eigenvalue weighted by Crippen LogP contribution is 2.32. The number of ether oxygens (including phenoxy) is 1. The van der Waals surface area contributed by atoms with Gasteiger partial charge in [-0.1, -0.05) is 23.7 Å². The van der Waals surface area contributed by atoms with E-state index in [1.54, 1.807) is 6.07 Å². The van der Waals surface area contributed by atoms with Gasteiger partial charge >= 0.3 is 0 Å². The summed E-state index contributed by atoms with van der Waals surface area (Å²) in [6.07, 6.45) is 1.38. The fourth-order valence-electron chi connectivity index (χ4n) is 1.55. The summed E-state index contributed by atoms with van der Waals surface area (Å²) >= 11 is 6.13. The Kier molecular flexibility index (Phi) is 3.53. The van der Waals surface area contributed by atoms with E-state index in [9.17, 15) is 0 Å². The van der Waals surface area contributed by atoms with Crippen LogP contribution in [0.2, 0.25) is 5.02 Å². The maximum Gasteiger partial charge on any atom is 0.242 e. The highest BCUT2D eigenvalue weighted by atomic mass is 35.5. The van der Waals surface area contributed by atoms with Gasteiger partial charge in [0.05, 0.1) is 17.8 Å². The third-order valence-electron chi connectivity index (χ3n) is 2.51. The summed E-state index contributed by atoms with van der Waals surface area (Å²) in [6, 6.07) is 5.63. The maximum absolute atomic E-state index is 6.13. The number of hydrogen-bond donors (Lipinski definition) is 2. The molecule has 1 aromatic heterocycles. The SMILES string of the molecule is COc1ncnc(Nc2c(C)cccc2Cl)c1N. The van der Waals surface area contributed by atoms with Crippen molar-refractivity contribution in [3.63, 3.8) is 0 Å². The van der Waals surface area contributed by atoms with Crippen LogP contribution in [-0.2, 0) is 0 Å². The van der Waals surface area contributed by atoms with Gasteiger partial charge in [-0.25, -0.2) is 4.98 Å². The highest BCUT2D eigenvalue weighted by molar-refractivity contribution is 6.33. The molecule has 0 amide bonds. The second kappa shape index (κ2) is 5.10. The minimum atomic E-state index is 0.331. The van der Waals surface area contributed by atoms with E-state index < -0.39 is 0 Å². The first-order chi connectivity index (χ1) is 8.63. The minimum absolute atomic E-state index is 0.331. The second-order valence-corrected chi connectivity index (χ2v) is 4.11. The van der Waals surface area contributed by atoms with E-state index in [-0.39, 0.29) is 0 Å². The molecule has 0 spiro atoms. The quantitative estimate of drug-likeness (QED) is 0.892. The number of aryl methyl sites for hydroxylation is 1. The predicted molar refractivity (Wildman–Crippen MR) is 72.5 cm³/mol. The topological polar surface area (TPSA) is 73.1 Å². The molecule has 3 N–H and O–H groups in total. The van der Waals surface area contributed by atoms with Crippen molar-refractivity contribution >= 4 is 28.8 Å². The standard InChI is InChI=1S/C12H13ClN4O/c1-7-4-3-5-8(13)10(7)17-11-9(14)12(18-2)16-6-15-11/h3-6H,14H2,1-2H3,(H,15,16,17). The Labute approximate surface area is 110 Å². The number of nitrogens with zero attached hydrogens (tertiary/aromatic N) is 2. The van der Waals surface area contributed by atoms with Crippen LogP contribution in [0, 0.1) is 6.92 Å². The van der Waals surface area contributed by atoms with Crippen LogP contribution in [0.3, 0.4) is 0 Å². The van der Waals surface area contributed by atoms with Crippen molar-refractivity contribution in [3.8, 4) is 5.88 Å². The highest BCUT2D eigenvalue weighted by Gasteiger charge is 2.11. The van der Waals surface area contributed by atoms with Crippen molar-refractivity contribution in [2.45, 2.75) is 6.92 Å². The number of aromatic nitrogens is 2. The van der Waals surface area contributed by atoms with Crippen molar-refractivity contribution in [1.82, 2.24) is 9.97 Å². The molecule has 0 aliphatic carbocycles. The first-order valence-corrected chi connectivity index (χ1v) is 5.68. The van der Waals surface area contributed by atoms with Crippen molar-refractivity contribution in [2.75, 3.05) is 18.2 Å². The second-order valence-electron chi connectivity index (χ2n) is 3.70. The van der Waals surface area contributed by atoms with E-state index in [0.717, 1.165) is 11.3 Å². The summed E-state index contributed by atoms with van der Waals surface area (Å²) < 4.78 is 5.03. The molecule has 0 radical (unpaired) electrons. The average Bonchev–Trinajstić information content (AvgIpc) is 2.36. The Bertz CT molecular complexity index is 554. The molecule has 2 rings (SSSR count). The summed E-state index contributed by atoms with van der Waals surface area (Å²) in [4.78, 5) is 7.99. The smallest absolute Gasteiger partial charge is 0.242 e. The number of halogens is 1. The molecule has 0 atom stereocenters. The molecule has 6 heteroatoms. The van der Waals surface area contributed by atoms with E-state index in [1.807, 2.05) is 19.1 Å². The first-order valence-electron chi connectivity index (χ1n) is 5.30. The van der Waals surface area contributed by atoms with Gasteiger partial charge in [-0.2, -0.15) is 4.98 Å². The van der Waals surface area contributed by atoms with Crippen LogP contribution >= 0.6 is 11.6 Å². The summed E-state index contributed by atoms with van der Waals surface area (Å²) in [5, 5.41) is 3.70. The molecule has 0 aliphatic heterocycles. The van der Waals surface area contributed by atoms with Crippen LogP contribution in [0.5, 0.6) is 5.88 Å². The van der Waals surface area contributed by atoms with Gasteiger partial charge in [0.15, 0.2) is 5.82 Å². The third kappa shape index (κ3) is 2.31. The van der Waals surface area contributed by atoms with Crippen LogP contribution in [0.15, 0.2) is 24.5 Å². The summed E-state index contributed by atoms with van der Waals surface area (Å²) in [7, 11) is 1.50. The number of anilines is 3. The summed E-state index contributed by atoms with van der Waals surface area (Å²) in [5.41, 5.74) is 8.00. The lowest BCUT2D eigenvalue weighted by molar-refractivity contribution is 0.399. The molecule has 0 fully saturated rings. The fourth-order valence-corrected chi connectivity index (χ4v) is 1.82. The summed E-state index contributed by atoms with van der Waals surface area (Å²) in [5.74, 6) is 0.801. The molecule has 0 saturated carbocycles. The van der Waals surface area contributed by atoms with Crippen molar-refractivity contribution in [3.05, 3.63) is 35.1 Å². The number of rotatable bonds is 3. The predicted octanol–water partition coefficient (Wildman–Crippen LogP) is 2.77. The van der Waals surface area contributed by atoms with Crippen LogP contribution in [-0.4, -0.2) is 17.1 Å². The van der Waals surface area contributed by atoms with Crippen LogP contribution in [0.4, 0.5) is 17.2 Å². The lowest BCUT2D eigenvalue weighted by atomic mass is 10.2. The minimum Gasteiger partial charge on any atom is -0.479 e. The Balaban J connectivity index is 2.40. The largest absolute Gasteiger partial charge is 0.479 e. The molecule has 18 heavy (non-hydrogen) atoms. The van der Waals surface area contributed by atoms with Gasteiger partial charge in [0.1, 0.15) is 12.0 Å². The number of nitrogen functional groups attached to an aromatic ring is 1. The van der Waals surface area contributed by atoms with Crippen molar-refractivity contribution < 1.29 is 4.74 Å². The normalized spacial score (nSPS) is 10.2. The van der Waals surface area contributed by atoms with E-state index in [0.29, 0.717) is 22.4 Å². The molecular weight excluding hydrogens is 252 g/mol. The van der Waals surface area contributed by atoms with Gasteiger partial charge in [0.2, 0.25) is 5.88 Å². The van der Waals surface area contributed by atoms with Crippen LogP contribution < -0.4 is 15.8 Å². The summed E-state index contributed by atoms with van der Waals surface area (Å²) in [6.45, 7) is 1.95. The molecule has 0 unspecified atom stereocenters. The Morgan fingerprint density at radius 2 is 2.11 bits per heavy atom. The fraction of sp³-hybridized carbons (Fsp3) is 0.167. The molecule has 1 aromatic carbocycles. The lowest BCUT2D eigenvalue weighted by Gasteiger charge is -2.13. The first kappa shape index (κ1) is 12.4. The Morgan fingerprint density at radius 3 is 2.78 bits per heavy atom. The maximum atomic E-state index is 6.13. The molecule has 0 bridgehead atoms. The van der Waals surface area contributed by atoms with Crippen LogP contribution in [0.1, 0.15) is 5.56 Å². The van der Waals surface area contributed by atoms with E-state index in [2.05, 4.69) is 15.3 Å². The molecule has 94 valence electrons. The van der Waals surface area contributed by atoms with Gasteiger partial charge in [-0.15, -0.1) is 0 Å². The number of para-hydroxylation sites is 1. The number of nitrogens with two attached hydrogens (primary N) is 1. The molecule has 5 nitrogen and oxygen atoms in total.